The van der Waals surface area contributed by atoms with Crippen LogP contribution in [-0.2, 0) is 11.4 Å². The van der Waals surface area contributed by atoms with E-state index in [2.05, 4.69) is 4.98 Å². The van der Waals surface area contributed by atoms with Crippen molar-refractivity contribution in [2.45, 2.75) is 32.4 Å². The molecule has 1 unspecified atom stereocenters. The van der Waals surface area contributed by atoms with Gasteiger partial charge in [0.25, 0.3) is 0 Å². The van der Waals surface area contributed by atoms with Gasteiger partial charge >= 0.3 is 0 Å². The molecular weight excluding hydrogens is 436 g/mol. The number of hydrogen-bond donors (Lipinski definition) is 0. The molecule has 170 valence electrons. The van der Waals surface area contributed by atoms with E-state index in [1.54, 1.807) is 17.4 Å². The number of fused-ring (bicyclic) bond motifs is 1. The van der Waals surface area contributed by atoms with Crippen LogP contribution in [0.25, 0.3) is 6.08 Å². The highest BCUT2D eigenvalue weighted by Crippen LogP contribution is 2.38. The molecule has 1 aromatic heterocycles. The zero-order valence-electron chi connectivity index (χ0n) is 18.5. The molecule has 1 saturated heterocycles. The molecule has 2 aromatic carbocycles. The number of hydrogen-bond acceptors (Lipinski definition) is 6. The minimum Gasteiger partial charge on any atom is -0.487 e. The predicted octanol–water partition coefficient (Wildman–Crippen LogP) is 5.18. The van der Waals surface area contributed by atoms with Crippen LogP contribution in [-0.4, -0.2) is 35.5 Å². The maximum atomic E-state index is 13.0. The number of amides is 1. The van der Waals surface area contributed by atoms with Gasteiger partial charge in [-0.1, -0.05) is 18.2 Å². The minimum absolute atomic E-state index is 0.0108. The van der Waals surface area contributed by atoms with Gasteiger partial charge in [0.05, 0.1) is 16.7 Å². The number of thiazole rings is 1. The molecular formula is C26H26N2O4S. The summed E-state index contributed by atoms with van der Waals surface area (Å²) in [6.45, 7) is 4.29. The van der Waals surface area contributed by atoms with E-state index in [9.17, 15) is 4.79 Å². The number of benzene rings is 2. The normalized spacial score (nSPS) is 17.5. The Morgan fingerprint density at radius 1 is 1.21 bits per heavy atom. The fourth-order valence-electron chi connectivity index (χ4n) is 4.25. The summed E-state index contributed by atoms with van der Waals surface area (Å²) in [5, 5.41) is 3.03. The number of aryl methyl sites for hydroxylation is 1. The topological polar surface area (TPSA) is 60.9 Å². The van der Waals surface area contributed by atoms with E-state index in [0.717, 1.165) is 58.5 Å². The van der Waals surface area contributed by atoms with E-state index < -0.39 is 0 Å². The van der Waals surface area contributed by atoms with Crippen LogP contribution in [0.15, 0.2) is 53.9 Å². The number of carbonyl (C=O) groups is 1. The fraction of sp³-hybridized carbons (Fsp3) is 0.308. The van der Waals surface area contributed by atoms with Crippen molar-refractivity contribution in [1.82, 2.24) is 9.88 Å². The molecule has 0 aliphatic carbocycles. The van der Waals surface area contributed by atoms with Crippen LogP contribution in [0, 0.1) is 6.92 Å². The van der Waals surface area contributed by atoms with Gasteiger partial charge < -0.3 is 19.1 Å². The highest BCUT2D eigenvalue weighted by Gasteiger charge is 2.29. The Morgan fingerprint density at radius 2 is 2.09 bits per heavy atom. The first kappa shape index (κ1) is 21.5. The molecule has 1 fully saturated rings. The van der Waals surface area contributed by atoms with Gasteiger partial charge in [-0.05, 0) is 61.2 Å². The Hall–Kier alpha value is -3.32. The quantitative estimate of drug-likeness (QED) is 0.473. The van der Waals surface area contributed by atoms with Crippen LogP contribution >= 0.6 is 11.3 Å². The van der Waals surface area contributed by atoms with E-state index in [0.29, 0.717) is 19.8 Å². The van der Waals surface area contributed by atoms with Gasteiger partial charge in [0.2, 0.25) is 5.91 Å². The Kier molecular flexibility index (Phi) is 6.30. The SMILES string of the molecule is Cc1nc(COc2cccc(/C=C/C(=O)N3CCCC3c3ccc4c(c3)OCCO4)c2)cs1. The average molecular weight is 463 g/mol. The summed E-state index contributed by atoms with van der Waals surface area (Å²) in [6.07, 6.45) is 5.43. The first-order valence-electron chi connectivity index (χ1n) is 11.2. The average Bonchev–Trinajstić information content (AvgIpc) is 3.50. The highest BCUT2D eigenvalue weighted by atomic mass is 32.1. The number of nitrogens with zero attached hydrogens (tertiary/aromatic N) is 2. The molecule has 1 atom stereocenters. The molecule has 0 N–H and O–H groups in total. The number of carbonyl (C=O) groups excluding carboxylic acids is 1. The first-order chi connectivity index (χ1) is 16.2. The maximum Gasteiger partial charge on any atom is 0.247 e. The Bertz CT molecular complexity index is 1170. The lowest BCUT2D eigenvalue weighted by Gasteiger charge is -2.26. The second-order valence-corrected chi connectivity index (χ2v) is 9.21. The summed E-state index contributed by atoms with van der Waals surface area (Å²) < 4.78 is 17.2. The summed E-state index contributed by atoms with van der Waals surface area (Å²) in [5.74, 6) is 2.30. The standard InChI is InChI=1S/C26H26N2O4S/c1-18-27-21(17-33-18)16-32-22-5-2-4-19(14-22)7-10-26(29)28-11-3-6-23(28)20-8-9-24-25(15-20)31-13-12-30-24/h2,4-5,7-10,14-15,17,23H,3,6,11-13,16H2,1H3/b10-7+. The first-order valence-corrected chi connectivity index (χ1v) is 12.1. The second kappa shape index (κ2) is 9.67. The summed E-state index contributed by atoms with van der Waals surface area (Å²) in [7, 11) is 0. The lowest BCUT2D eigenvalue weighted by molar-refractivity contribution is -0.126. The predicted molar refractivity (Wildman–Crippen MR) is 128 cm³/mol. The summed E-state index contributed by atoms with van der Waals surface area (Å²) >= 11 is 1.61. The van der Waals surface area contributed by atoms with Gasteiger partial charge in [-0.2, -0.15) is 0 Å². The van der Waals surface area contributed by atoms with Crippen molar-refractivity contribution in [3.8, 4) is 17.2 Å². The van der Waals surface area contributed by atoms with Crippen molar-refractivity contribution in [3.05, 3.63) is 75.7 Å². The Balaban J connectivity index is 1.24. The van der Waals surface area contributed by atoms with E-state index >= 15 is 0 Å². The van der Waals surface area contributed by atoms with Crippen LogP contribution in [0.5, 0.6) is 17.2 Å². The van der Waals surface area contributed by atoms with E-state index in [4.69, 9.17) is 14.2 Å². The summed E-state index contributed by atoms with van der Waals surface area (Å²) in [5.41, 5.74) is 2.93. The van der Waals surface area contributed by atoms with Crippen molar-refractivity contribution in [1.29, 1.82) is 0 Å². The molecule has 2 aliphatic heterocycles. The molecule has 6 nitrogen and oxygen atoms in total. The van der Waals surface area contributed by atoms with Crippen LogP contribution in [0.1, 0.15) is 40.7 Å². The van der Waals surface area contributed by atoms with Gasteiger partial charge in [0.15, 0.2) is 11.5 Å². The van der Waals surface area contributed by atoms with Crippen molar-refractivity contribution in [3.63, 3.8) is 0 Å². The molecule has 0 saturated carbocycles. The molecule has 0 bridgehead atoms. The zero-order chi connectivity index (χ0) is 22.6. The number of likely N-dealkylation sites (tertiary alicyclic amines) is 1. The van der Waals surface area contributed by atoms with E-state index in [1.807, 2.05) is 65.7 Å². The summed E-state index contributed by atoms with van der Waals surface area (Å²) in [6, 6.07) is 13.8. The molecule has 0 spiro atoms. The van der Waals surface area contributed by atoms with E-state index in [1.165, 1.54) is 0 Å². The Labute approximate surface area is 197 Å². The third-order valence-electron chi connectivity index (χ3n) is 5.82. The smallest absolute Gasteiger partial charge is 0.247 e. The molecule has 0 radical (unpaired) electrons. The third kappa shape index (κ3) is 5.03. The number of rotatable bonds is 6. The molecule has 3 heterocycles. The molecule has 2 aliphatic rings. The van der Waals surface area contributed by atoms with Crippen LogP contribution in [0.2, 0.25) is 0 Å². The van der Waals surface area contributed by atoms with Crippen molar-refractivity contribution in [2.24, 2.45) is 0 Å². The lowest BCUT2D eigenvalue weighted by Crippen LogP contribution is -2.29. The van der Waals surface area contributed by atoms with Gasteiger partial charge in [-0.25, -0.2) is 4.98 Å². The molecule has 1 amide bonds. The van der Waals surface area contributed by atoms with Crippen molar-refractivity contribution >= 4 is 23.3 Å². The van der Waals surface area contributed by atoms with Crippen LogP contribution < -0.4 is 14.2 Å². The maximum absolute atomic E-state index is 13.0. The molecule has 7 heteroatoms. The van der Waals surface area contributed by atoms with Gasteiger partial charge in [0.1, 0.15) is 25.6 Å². The molecule has 5 rings (SSSR count). The molecule has 3 aromatic rings. The zero-order valence-corrected chi connectivity index (χ0v) is 19.3. The van der Waals surface area contributed by atoms with Gasteiger partial charge in [0, 0.05) is 18.0 Å². The van der Waals surface area contributed by atoms with E-state index in [-0.39, 0.29) is 11.9 Å². The second-order valence-electron chi connectivity index (χ2n) is 8.15. The largest absolute Gasteiger partial charge is 0.487 e. The van der Waals surface area contributed by atoms with Gasteiger partial charge in [-0.15, -0.1) is 11.3 Å². The fourth-order valence-corrected chi connectivity index (χ4v) is 4.84. The van der Waals surface area contributed by atoms with Gasteiger partial charge in [-0.3, -0.25) is 4.79 Å². The van der Waals surface area contributed by atoms with Crippen LogP contribution in [0.4, 0.5) is 0 Å². The monoisotopic (exact) mass is 462 g/mol. The summed E-state index contributed by atoms with van der Waals surface area (Å²) in [4.78, 5) is 19.4. The number of aromatic nitrogens is 1. The Morgan fingerprint density at radius 3 is 2.94 bits per heavy atom. The third-order valence-corrected chi connectivity index (χ3v) is 6.64. The van der Waals surface area contributed by atoms with Crippen molar-refractivity contribution in [2.75, 3.05) is 19.8 Å². The van der Waals surface area contributed by atoms with Crippen molar-refractivity contribution < 1.29 is 19.0 Å². The lowest BCUT2D eigenvalue weighted by atomic mass is 10.0. The minimum atomic E-state index is 0.0108. The van der Waals surface area contributed by atoms with Crippen LogP contribution in [0.3, 0.4) is 0 Å². The highest BCUT2D eigenvalue weighted by molar-refractivity contribution is 7.09. The molecule has 33 heavy (non-hydrogen) atoms. The number of ether oxygens (including phenoxy) is 3.